The van der Waals surface area contributed by atoms with Gasteiger partial charge in [0.2, 0.25) is 12.2 Å². The molecule has 0 saturated carbocycles. The monoisotopic (exact) mass is 258 g/mol. The normalized spacial score (nSPS) is 24.9. The van der Waals surface area contributed by atoms with Gasteiger partial charge in [-0.15, -0.1) is 0 Å². The van der Waals surface area contributed by atoms with E-state index in [0.29, 0.717) is 25.4 Å². The Morgan fingerprint density at radius 1 is 1.50 bits per heavy atom. The molecule has 6 heteroatoms. The van der Waals surface area contributed by atoms with Crippen molar-refractivity contribution in [2.24, 2.45) is 11.7 Å². The van der Waals surface area contributed by atoms with Gasteiger partial charge in [-0.05, 0) is 18.8 Å². The largest absolute Gasteiger partial charge is 0.434 e. The Balaban J connectivity index is 2.45. The Morgan fingerprint density at radius 3 is 2.72 bits per heavy atom. The molecule has 1 fully saturated rings. The highest BCUT2D eigenvalue weighted by Gasteiger charge is 2.33. The number of nitrogens with one attached hydrogen (secondary N) is 1. The first-order valence-corrected chi connectivity index (χ1v) is 6.25. The molecule has 1 rings (SSSR count). The molecule has 1 heterocycles. The van der Waals surface area contributed by atoms with Crippen LogP contribution >= 0.6 is 0 Å². The second-order valence-electron chi connectivity index (χ2n) is 4.99. The first-order chi connectivity index (χ1) is 8.40. The molecule has 0 aromatic carbocycles. The molecule has 0 aromatic heterocycles. The summed E-state index contributed by atoms with van der Waals surface area (Å²) in [6.45, 7) is 5.79. The molecule has 0 spiro atoms. The number of carbonyl (C=O) groups is 2. The summed E-state index contributed by atoms with van der Waals surface area (Å²) in [5, 5.41) is 2.77. The van der Waals surface area contributed by atoms with Crippen molar-refractivity contribution >= 4 is 11.9 Å². The molecule has 0 aliphatic carbocycles. The van der Waals surface area contributed by atoms with E-state index in [1.54, 1.807) is 0 Å². The first-order valence-electron chi connectivity index (χ1n) is 6.25. The van der Waals surface area contributed by atoms with Gasteiger partial charge in [0.15, 0.2) is 0 Å². The Hall–Kier alpha value is -1.14. The lowest BCUT2D eigenvalue weighted by Gasteiger charge is -2.21. The van der Waals surface area contributed by atoms with Gasteiger partial charge in [0.25, 0.3) is 0 Å². The zero-order chi connectivity index (χ0) is 13.7. The van der Waals surface area contributed by atoms with Crippen LogP contribution in [0.15, 0.2) is 0 Å². The maximum absolute atomic E-state index is 11.8. The van der Waals surface area contributed by atoms with E-state index < -0.39 is 18.3 Å². The third-order valence-electron chi connectivity index (χ3n) is 2.71. The van der Waals surface area contributed by atoms with Crippen molar-refractivity contribution in [3.63, 3.8) is 0 Å². The lowest BCUT2D eigenvalue weighted by Crippen LogP contribution is -2.49. The maximum Gasteiger partial charge on any atom is 0.305 e. The zero-order valence-electron chi connectivity index (χ0n) is 11.1. The van der Waals surface area contributed by atoms with E-state index in [-0.39, 0.29) is 11.9 Å². The quantitative estimate of drug-likeness (QED) is 0.685. The fraction of sp³-hybridized carbons (Fsp3) is 0.833. The summed E-state index contributed by atoms with van der Waals surface area (Å²) in [7, 11) is 0. The first kappa shape index (κ1) is 14.9. The topological polar surface area (TPSA) is 90.6 Å². The van der Waals surface area contributed by atoms with Gasteiger partial charge in [-0.2, -0.15) is 0 Å². The Kier molecular flexibility index (Phi) is 5.55. The molecule has 0 radical (unpaired) electrons. The minimum atomic E-state index is -0.697. The van der Waals surface area contributed by atoms with Crippen LogP contribution in [0.1, 0.15) is 33.6 Å². The van der Waals surface area contributed by atoms with Crippen molar-refractivity contribution in [3.05, 3.63) is 0 Å². The molecule has 3 atom stereocenters. The van der Waals surface area contributed by atoms with Crippen molar-refractivity contribution in [1.29, 1.82) is 0 Å². The summed E-state index contributed by atoms with van der Waals surface area (Å²) < 4.78 is 10.2. The van der Waals surface area contributed by atoms with Gasteiger partial charge in [-0.1, -0.05) is 13.8 Å². The second kappa shape index (κ2) is 6.70. The lowest BCUT2D eigenvalue weighted by molar-refractivity contribution is -0.170. The van der Waals surface area contributed by atoms with Crippen LogP contribution in [0, 0.1) is 5.92 Å². The summed E-state index contributed by atoms with van der Waals surface area (Å²) in [6, 6.07) is -0.844. The van der Waals surface area contributed by atoms with Crippen LogP contribution < -0.4 is 11.1 Å². The van der Waals surface area contributed by atoms with Gasteiger partial charge in [-0.25, -0.2) is 0 Å². The molecule has 1 amide bonds. The predicted molar refractivity (Wildman–Crippen MR) is 65.5 cm³/mol. The number of amides is 1. The second-order valence-corrected chi connectivity index (χ2v) is 4.99. The summed E-state index contributed by atoms with van der Waals surface area (Å²) in [5.41, 5.74) is 5.78. The number of esters is 1. The number of ether oxygens (including phenoxy) is 2. The van der Waals surface area contributed by atoms with Crippen molar-refractivity contribution < 1.29 is 19.1 Å². The SMILES string of the molecule is CC(=O)O[C@@H]1OCCC1NC(=O)[C@@H](N)CC(C)C. The van der Waals surface area contributed by atoms with E-state index in [1.807, 2.05) is 13.8 Å². The van der Waals surface area contributed by atoms with E-state index in [2.05, 4.69) is 5.32 Å². The summed E-state index contributed by atoms with van der Waals surface area (Å²) in [5.74, 6) is -0.293. The number of carbonyl (C=O) groups excluding carboxylic acids is 2. The smallest absolute Gasteiger partial charge is 0.305 e. The zero-order valence-corrected chi connectivity index (χ0v) is 11.1. The summed E-state index contributed by atoms with van der Waals surface area (Å²) in [4.78, 5) is 22.7. The van der Waals surface area contributed by atoms with Crippen LogP contribution in [0.5, 0.6) is 0 Å². The molecule has 18 heavy (non-hydrogen) atoms. The fourth-order valence-electron chi connectivity index (χ4n) is 1.89. The van der Waals surface area contributed by atoms with E-state index >= 15 is 0 Å². The van der Waals surface area contributed by atoms with Gasteiger partial charge in [0.05, 0.1) is 18.7 Å². The van der Waals surface area contributed by atoms with Crippen LogP contribution in [0.25, 0.3) is 0 Å². The fourth-order valence-corrected chi connectivity index (χ4v) is 1.89. The van der Waals surface area contributed by atoms with Crippen LogP contribution in [0.2, 0.25) is 0 Å². The van der Waals surface area contributed by atoms with Gasteiger partial charge < -0.3 is 20.5 Å². The van der Waals surface area contributed by atoms with Crippen molar-refractivity contribution in [1.82, 2.24) is 5.32 Å². The number of rotatable bonds is 5. The molecule has 104 valence electrons. The molecule has 0 aromatic rings. The van der Waals surface area contributed by atoms with Crippen LogP contribution in [-0.2, 0) is 19.1 Å². The average molecular weight is 258 g/mol. The van der Waals surface area contributed by atoms with E-state index in [0.717, 1.165) is 0 Å². The van der Waals surface area contributed by atoms with Gasteiger partial charge in [0.1, 0.15) is 0 Å². The molecule has 0 bridgehead atoms. The summed E-state index contributed by atoms with van der Waals surface area (Å²) >= 11 is 0. The molecule has 3 N–H and O–H groups in total. The number of nitrogens with two attached hydrogens (primary N) is 1. The third-order valence-corrected chi connectivity index (χ3v) is 2.71. The highest BCUT2D eigenvalue weighted by atomic mass is 16.7. The average Bonchev–Trinajstić information content (AvgIpc) is 2.63. The number of hydrogen-bond donors (Lipinski definition) is 2. The molecule has 1 aliphatic rings. The number of hydrogen-bond acceptors (Lipinski definition) is 5. The molecule has 1 unspecified atom stereocenters. The molecular weight excluding hydrogens is 236 g/mol. The van der Waals surface area contributed by atoms with Crippen LogP contribution in [0.4, 0.5) is 0 Å². The van der Waals surface area contributed by atoms with Crippen LogP contribution in [-0.4, -0.2) is 36.9 Å². The maximum atomic E-state index is 11.8. The minimum Gasteiger partial charge on any atom is -0.434 e. The Labute approximate surface area is 107 Å². The van der Waals surface area contributed by atoms with Crippen molar-refractivity contribution in [2.45, 2.75) is 52.0 Å². The Bertz CT molecular complexity index is 306. The van der Waals surface area contributed by atoms with Crippen LogP contribution in [0.3, 0.4) is 0 Å². The van der Waals surface area contributed by atoms with E-state index in [4.69, 9.17) is 15.2 Å². The van der Waals surface area contributed by atoms with Crippen molar-refractivity contribution in [2.75, 3.05) is 6.61 Å². The molecule has 1 saturated heterocycles. The highest BCUT2D eigenvalue weighted by Crippen LogP contribution is 2.15. The molecule has 6 nitrogen and oxygen atoms in total. The molecule has 1 aliphatic heterocycles. The third kappa shape index (κ3) is 4.62. The van der Waals surface area contributed by atoms with Gasteiger partial charge in [0, 0.05) is 6.92 Å². The van der Waals surface area contributed by atoms with Gasteiger partial charge in [-0.3, -0.25) is 9.59 Å². The highest BCUT2D eigenvalue weighted by molar-refractivity contribution is 5.81. The lowest BCUT2D eigenvalue weighted by atomic mass is 10.0. The van der Waals surface area contributed by atoms with Crippen molar-refractivity contribution in [3.8, 4) is 0 Å². The predicted octanol–water partition coefficient (Wildman–Crippen LogP) is 0.154. The summed E-state index contributed by atoms with van der Waals surface area (Å²) in [6.07, 6.45) is 0.549. The Morgan fingerprint density at radius 2 is 2.17 bits per heavy atom. The molecular formula is C12H22N2O4. The minimum absolute atomic E-state index is 0.226. The van der Waals surface area contributed by atoms with E-state index in [1.165, 1.54) is 6.92 Å². The standard InChI is InChI=1S/C12H22N2O4/c1-7(2)6-9(13)11(16)14-10-4-5-17-12(10)18-8(3)15/h7,9-10,12H,4-6,13H2,1-3H3,(H,14,16)/t9-,10?,12-/m0/s1. The van der Waals surface area contributed by atoms with Gasteiger partial charge >= 0.3 is 5.97 Å². The van der Waals surface area contributed by atoms with E-state index in [9.17, 15) is 9.59 Å².